The molecule has 362 valence electrons. The molecule has 0 heterocycles. The van der Waals surface area contributed by atoms with Gasteiger partial charge in [0.2, 0.25) is 0 Å². The fraction of sp³-hybridized carbons (Fsp3) is 0.638. The monoisotopic (exact) mass is 887 g/mol. The quantitative estimate of drug-likeness (QED) is 0.0262. The van der Waals surface area contributed by atoms with Crippen LogP contribution in [-0.2, 0) is 28.6 Å². The van der Waals surface area contributed by atoms with Crippen LogP contribution in [0.15, 0.2) is 109 Å². The molecule has 0 amide bonds. The number of esters is 3. The maximum atomic E-state index is 12.7. The van der Waals surface area contributed by atoms with E-state index < -0.39 is 12.1 Å². The Kier molecular flexibility index (Phi) is 48.5. The van der Waals surface area contributed by atoms with Crippen LogP contribution in [0.5, 0.6) is 0 Å². The average molecular weight is 887 g/mol. The van der Waals surface area contributed by atoms with E-state index in [1.807, 2.05) is 6.08 Å². The van der Waals surface area contributed by atoms with Gasteiger partial charge in [-0.15, -0.1) is 0 Å². The van der Waals surface area contributed by atoms with Crippen LogP contribution in [0.2, 0.25) is 0 Å². The van der Waals surface area contributed by atoms with E-state index in [1.54, 1.807) is 6.08 Å². The van der Waals surface area contributed by atoms with Gasteiger partial charge in [0, 0.05) is 12.8 Å². The summed E-state index contributed by atoms with van der Waals surface area (Å²) in [5, 5.41) is 0. The van der Waals surface area contributed by atoms with E-state index in [-0.39, 0.29) is 31.6 Å². The molecule has 1 unspecified atom stereocenters. The fourth-order valence-corrected chi connectivity index (χ4v) is 6.70. The molecule has 0 aromatic carbocycles. The smallest absolute Gasteiger partial charge is 0.310 e. The van der Waals surface area contributed by atoms with Crippen molar-refractivity contribution in [2.75, 3.05) is 13.2 Å². The third-order valence-electron chi connectivity index (χ3n) is 10.5. The summed E-state index contributed by atoms with van der Waals surface area (Å²) >= 11 is 0. The fourth-order valence-electron chi connectivity index (χ4n) is 6.70. The lowest BCUT2D eigenvalue weighted by Gasteiger charge is -2.18. The molecule has 0 aliphatic rings. The standard InChI is InChI=1S/C58H94O6/c1-4-7-10-13-16-19-22-25-27-28-29-31-33-36-39-42-45-48-51-57(60)63-54-55(53-62-56(59)50-47-44-41-38-35-32-24-21-18-15-12-9-6-3)64-58(61)52-49-46-43-40-37-34-30-26-23-20-17-14-11-8-5-2/h8-9,11-12,17-18,20-21,26-28,30,32,35,37,40,46,49,55H,4-7,10,13-16,19,22-25,29,31,33-34,36,38-39,41-45,47-48,50-54H2,1-3H3/b11-8-,12-9-,20-17-,21-18-,28-27-,30-26-,35-32-,40-37-,49-46-. The Balaban J connectivity index is 4.53. The minimum absolute atomic E-state index is 0.0863. The molecule has 0 aliphatic heterocycles. The SMILES string of the molecule is CC/C=C\C/C=C\C/C=C\C/C=C\C/C=C\CC(=O)OC(COC(=O)CCCCC/C=C\C/C=C\C/C=C\CC)COC(=O)CCCCCCCCC/C=C\CCCCCCCCC. The molecule has 0 bridgehead atoms. The molecule has 0 aromatic heterocycles. The molecular formula is C58H94O6. The highest BCUT2D eigenvalue weighted by atomic mass is 16.6. The van der Waals surface area contributed by atoms with E-state index >= 15 is 0 Å². The van der Waals surface area contributed by atoms with E-state index in [1.165, 1.54) is 83.5 Å². The van der Waals surface area contributed by atoms with Gasteiger partial charge in [-0.2, -0.15) is 0 Å². The number of carbonyl (C=O) groups excluding carboxylic acids is 3. The van der Waals surface area contributed by atoms with Gasteiger partial charge < -0.3 is 14.2 Å². The van der Waals surface area contributed by atoms with Gasteiger partial charge in [0.1, 0.15) is 13.2 Å². The normalized spacial score (nSPS) is 13.0. The highest BCUT2D eigenvalue weighted by molar-refractivity contribution is 5.72. The average Bonchev–Trinajstić information content (AvgIpc) is 3.29. The van der Waals surface area contributed by atoms with Crippen LogP contribution >= 0.6 is 0 Å². The van der Waals surface area contributed by atoms with E-state index in [0.717, 1.165) is 89.9 Å². The van der Waals surface area contributed by atoms with Crippen molar-refractivity contribution in [3.05, 3.63) is 109 Å². The molecule has 0 rings (SSSR count). The second-order valence-electron chi connectivity index (χ2n) is 16.7. The van der Waals surface area contributed by atoms with E-state index in [9.17, 15) is 14.4 Å². The first-order valence-corrected chi connectivity index (χ1v) is 25.9. The first kappa shape index (κ1) is 60.1. The maximum Gasteiger partial charge on any atom is 0.310 e. The molecule has 0 saturated heterocycles. The lowest BCUT2D eigenvalue weighted by Crippen LogP contribution is -2.30. The van der Waals surface area contributed by atoms with Crippen LogP contribution in [0.1, 0.15) is 220 Å². The van der Waals surface area contributed by atoms with E-state index in [2.05, 4.69) is 118 Å². The van der Waals surface area contributed by atoms with Crippen molar-refractivity contribution in [1.82, 2.24) is 0 Å². The van der Waals surface area contributed by atoms with Gasteiger partial charge in [0.25, 0.3) is 0 Å². The number of ether oxygens (including phenoxy) is 3. The molecule has 1 atom stereocenters. The van der Waals surface area contributed by atoms with Crippen LogP contribution in [0.3, 0.4) is 0 Å². The number of hydrogen-bond acceptors (Lipinski definition) is 6. The third-order valence-corrected chi connectivity index (χ3v) is 10.5. The zero-order valence-corrected chi connectivity index (χ0v) is 41.3. The lowest BCUT2D eigenvalue weighted by atomic mass is 10.1. The summed E-state index contributed by atoms with van der Waals surface area (Å²) in [6.07, 6.45) is 69.6. The summed E-state index contributed by atoms with van der Waals surface area (Å²) < 4.78 is 16.7. The number of carbonyl (C=O) groups is 3. The molecule has 0 aliphatic carbocycles. The second kappa shape index (κ2) is 51.7. The highest BCUT2D eigenvalue weighted by Crippen LogP contribution is 2.13. The minimum Gasteiger partial charge on any atom is -0.462 e. The molecule has 0 saturated carbocycles. The van der Waals surface area contributed by atoms with Gasteiger partial charge >= 0.3 is 17.9 Å². The van der Waals surface area contributed by atoms with Crippen molar-refractivity contribution >= 4 is 17.9 Å². The summed E-state index contributed by atoms with van der Waals surface area (Å²) in [5.74, 6) is -1.10. The van der Waals surface area contributed by atoms with Gasteiger partial charge in [-0.05, 0) is 103 Å². The van der Waals surface area contributed by atoms with Gasteiger partial charge in [-0.1, -0.05) is 207 Å². The van der Waals surface area contributed by atoms with Crippen molar-refractivity contribution in [3.63, 3.8) is 0 Å². The van der Waals surface area contributed by atoms with Gasteiger partial charge in [0.05, 0.1) is 6.42 Å². The number of hydrogen-bond donors (Lipinski definition) is 0. The Hall–Kier alpha value is -3.93. The Morgan fingerprint density at radius 3 is 1.06 bits per heavy atom. The summed E-state index contributed by atoms with van der Waals surface area (Å²) in [7, 11) is 0. The third kappa shape index (κ3) is 49.1. The maximum absolute atomic E-state index is 12.7. The summed E-state index contributed by atoms with van der Waals surface area (Å²) in [6, 6.07) is 0. The molecule has 64 heavy (non-hydrogen) atoms. The lowest BCUT2D eigenvalue weighted by molar-refractivity contribution is -0.166. The van der Waals surface area contributed by atoms with Crippen LogP contribution in [0.25, 0.3) is 0 Å². The predicted molar refractivity (Wildman–Crippen MR) is 274 cm³/mol. The topological polar surface area (TPSA) is 78.9 Å². The van der Waals surface area contributed by atoms with Crippen molar-refractivity contribution < 1.29 is 28.6 Å². The van der Waals surface area contributed by atoms with Crippen molar-refractivity contribution in [2.45, 2.75) is 226 Å². The van der Waals surface area contributed by atoms with Crippen molar-refractivity contribution in [3.8, 4) is 0 Å². The zero-order chi connectivity index (χ0) is 46.5. The summed E-state index contributed by atoms with van der Waals surface area (Å²) in [5.41, 5.74) is 0. The number of allylic oxidation sites excluding steroid dienone is 17. The first-order valence-electron chi connectivity index (χ1n) is 25.9. The van der Waals surface area contributed by atoms with Crippen LogP contribution in [0, 0.1) is 0 Å². The molecule has 6 heteroatoms. The molecule has 6 nitrogen and oxygen atoms in total. The Morgan fingerprint density at radius 2 is 0.656 bits per heavy atom. The van der Waals surface area contributed by atoms with Crippen LogP contribution in [0.4, 0.5) is 0 Å². The van der Waals surface area contributed by atoms with Gasteiger partial charge in [0.15, 0.2) is 6.10 Å². The Morgan fingerprint density at radius 1 is 0.344 bits per heavy atom. The van der Waals surface area contributed by atoms with E-state index in [0.29, 0.717) is 19.3 Å². The highest BCUT2D eigenvalue weighted by Gasteiger charge is 2.19. The predicted octanol–water partition coefficient (Wildman–Crippen LogP) is 17.1. The van der Waals surface area contributed by atoms with Crippen LogP contribution < -0.4 is 0 Å². The summed E-state index contributed by atoms with van der Waals surface area (Å²) in [4.78, 5) is 37.9. The largest absolute Gasteiger partial charge is 0.462 e. The molecular weight excluding hydrogens is 793 g/mol. The molecule has 0 N–H and O–H groups in total. The van der Waals surface area contributed by atoms with Crippen molar-refractivity contribution in [2.24, 2.45) is 0 Å². The van der Waals surface area contributed by atoms with E-state index in [4.69, 9.17) is 14.2 Å². The zero-order valence-electron chi connectivity index (χ0n) is 41.3. The van der Waals surface area contributed by atoms with Crippen LogP contribution in [-0.4, -0.2) is 37.2 Å². The first-order chi connectivity index (χ1) is 31.5. The Bertz CT molecular complexity index is 1340. The molecule has 0 radical (unpaired) electrons. The van der Waals surface area contributed by atoms with Crippen molar-refractivity contribution in [1.29, 1.82) is 0 Å². The molecule has 0 spiro atoms. The molecule has 0 fully saturated rings. The Labute approximate surface area is 393 Å². The number of unbranched alkanes of at least 4 members (excludes halogenated alkanes) is 17. The molecule has 0 aromatic rings. The summed E-state index contributed by atoms with van der Waals surface area (Å²) in [6.45, 7) is 6.28. The van der Waals surface area contributed by atoms with Gasteiger partial charge in [-0.25, -0.2) is 0 Å². The second-order valence-corrected chi connectivity index (χ2v) is 16.7. The minimum atomic E-state index is -0.847. The number of rotatable bonds is 45. The van der Waals surface area contributed by atoms with Gasteiger partial charge in [-0.3, -0.25) is 14.4 Å².